The van der Waals surface area contributed by atoms with Crippen LogP contribution in [0.1, 0.15) is 17.5 Å². The fourth-order valence-electron chi connectivity index (χ4n) is 3.74. The van der Waals surface area contributed by atoms with Crippen LogP contribution in [0.25, 0.3) is 0 Å². The minimum atomic E-state index is -0.971. The zero-order chi connectivity index (χ0) is 23.4. The van der Waals surface area contributed by atoms with Gasteiger partial charge >= 0.3 is 12.0 Å². The first-order valence-electron chi connectivity index (χ1n) is 9.68. The molecule has 2 aromatic rings. The van der Waals surface area contributed by atoms with Gasteiger partial charge in [-0.2, -0.15) is 0 Å². The molecule has 1 N–H and O–H groups in total. The number of halogens is 2. The highest BCUT2D eigenvalue weighted by Gasteiger charge is 2.34. The summed E-state index contributed by atoms with van der Waals surface area (Å²) >= 11 is 12.2. The number of non-ortho nitro benzene ring substituents is 1. The SMILES string of the molecule is COc1ccc([N+](=O)[O-])cc1CN1CC(CC(=O)O)CN(Cc2ccc(Cl)cc2Cl)C1=O. The molecule has 0 spiro atoms. The van der Waals surface area contributed by atoms with E-state index < -0.39 is 10.9 Å². The molecular formula is C21H21Cl2N3O6. The number of hydrogen-bond donors (Lipinski definition) is 1. The van der Waals surface area contributed by atoms with Gasteiger partial charge in [0.05, 0.1) is 25.0 Å². The highest BCUT2D eigenvalue weighted by Crippen LogP contribution is 2.29. The second kappa shape index (κ2) is 10.1. The van der Waals surface area contributed by atoms with Gasteiger partial charge in [0.2, 0.25) is 0 Å². The Kier molecular flexibility index (Phi) is 7.42. The van der Waals surface area contributed by atoms with Gasteiger partial charge in [-0.3, -0.25) is 14.9 Å². The highest BCUT2D eigenvalue weighted by atomic mass is 35.5. The van der Waals surface area contributed by atoms with Crippen molar-refractivity contribution >= 4 is 40.9 Å². The Labute approximate surface area is 194 Å². The van der Waals surface area contributed by atoms with E-state index in [-0.39, 0.29) is 50.2 Å². The standard InChI is InChI=1S/C21H21Cl2N3O6/c1-32-19-5-4-17(26(30)31)7-15(19)12-25-10-13(6-20(27)28)9-24(21(25)29)11-14-2-3-16(22)8-18(14)23/h2-5,7-8,13H,6,9-12H2,1H3,(H,27,28). The van der Waals surface area contributed by atoms with Gasteiger partial charge in [-0.1, -0.05) is 29.3 Å². The number of rotatable bonds is 8. The van der Waals surface area contributed by atoms with Gasteiger partial charge in [-0.05, 0) is 23.8 Å². The summed E-state index contributed by atoms with van der Waals surface area (Å²) in [5, 5.41) is 21.3. The number of benzene rings is 2. The number of ether oxygens (including phenoxy) is 1. The molecule has 1 saturated heterocycles. The first-order chi connectivity index (χ1) is 15.2. The van der Waals surface area contributed by atoms with Gasteiger partial charge in [0.15, 0.2) is 0 Å². The third-order valence-corrected chi connectivity index (χ3v) is 5.76. The Morgan fingerprint density at radius 1 is 1.16 bits per heavy atom. The van der Waals surface area contributed by atoms with Crippen molar-refractivity contribution in [3.63, 3.8) is 0 Å². The molecule has 0 radical (unpaired) electrons. The van der Waals surface area contributed by atoms with E-state index in [9.17, 15) is 24.8 Å². The lowest BCUT2D eigenvalue weighted by atomic mass is 10.0. The molecule has 0 aromatic heterocycles. The first kappa shape index (κ1) is 23.6. The summed E-state index contributed by atoms with van der Waals surface area (Å²) in [6.45, 7) is 0.646. The van der Waals surface area contributed by atoms with Crippen LogP contribution in [0.4, 0.5) is 10.5 Å². The fraction of sp³-hybridized carbons (Fsp3) is 0.333. The van der Waals surface area contributed by atoms with Crippen molar-refractivity contribution in [3.05, 3.63) is 67.7 Å². The summed E-state index contributed by atoms with van der Waals surface area (Å²) in [4.78, 5) is 38.2. The van der Waals surface area contributed by atoms with Gasteiger partial charge in [0.1, 0.15) is 5.75 Å². The second-order valence-corrected chi connectivity index (χ2v) is 8.34. The normalized spacial score (nSPS) is 16.2. The largest absolute Gasteiger partial charge is 0.496 e. The third kappa shape index (κ3) is 5.60. The zero-order valence-corrected chi connectivity index (χ0v) is 18.7. The number of carbonyl (C=O) groups is 2. The number of nitro benzene ring substituents is 1. The van der Waals surface area contributed by atoms with E-state index in [1.165, 1.54) is 35.1 Å². The van der Waals surface area contributed by atoms with Crippen molar-refractivity contribution in [2.45, 2.75) is 19.5 Å². The van der Waals surface area contributed by atoms with Gasteiger partial charge in [-0.15, -0.1) is 0 Å². The van der Waals surface area contributed by atoms with Crippen molar-refractivity contribution in [2.24, 2.45) is 5.92 Å². The van der Waals surface area contributed by atoms with Crippen LogP contribution < -0.4 is 4.74 Å². The molecule has 170 valence electrons. The Morgan fingerprint density at radius 2 is 1.81 bits per heavy atom. The number of carboxylic acids is 1. The number of nitro groups is 1. The van der Waals surface area contributed by atoms with E-state index in [0.29, 0.717) is 26.9 Å². The smallest absolute Gasteiger partial charge is 0.320 e. The lowest BCUT2D eigenvalue weighted by Gasteiger charge is -2.40. The molecule has 1 unspecified atom stereocenters. The van der Waals surface area contributed by atoms with Crippen molar-refractivity contribution in [1.29, 1.82) is 0 Å². The number of amides is 2. The van der Waals surface area contributed by atoms with Gasteiger partial charge in [0.25, 0.3) is 5.69 Å². The summed E-state index contributed by atoms with van der Waals surface area (Å²) in [7, 11) is 1.44. The molecule has 1 heterocycles. The van der Waals surface area contributed by atoms with E-state index in [1.807, 2.05) is 0 Å². The maximum atomic E-state index is 13.2. The van der Waals surface area contributed by atoms with E-state index in [4.69, 9.17) is 27.9 Å². The van der Waals surface area contributed by atoms with Crippen LogP contribution in [0, 0.1) is 16.0 Å². The Bertz CT molecular complexity index is 1050. The van der Waals surface area contributed by atoms with E-state index in [2.05, 4.69) is 0 Å². The van der Waals surface area contributed by atoms with E-state index in [1.54, 1.807) is 18.2 Å². The average Bonchev–Trinajstić information content (AvgIpc) is 2.72. The Morgan fingerprint density at radius 3 is 2.38 bits per heavy atom. The van der Waals surface area contributed by atoms with Crippen LogP contribution in [0.15, 0.2) is 36.4 Å². The quantitative estimate of drug-likeness (QED) is 0.440. The van der Waals surface area contributed by atoms with Crippen molar-refractivity contribution < 1.29 is 24.4 Å². The van der Waals surface area contributed by atoms with Crippen LogP contribution in [0.5, 0.6) is 5.75 Å². The molecule has 0 saturated carbocycles. The minimum Gasteiger partial charge on any atom is -0.496 e. The number of nitrogens with zero attached hydrogens (tertiary/aromatic N) is 3. The Hall–Kier alpha value is -3.04. The lowest BCUT2D eigenvalue weighted by molar-refractivity contribution is -0.385. The zero-order valence-electron chi connectivity index (χ0n) is 17.2. The van der Waals surface area contributed by atoms with E-state index >= 15 is 0 Å². The molecule has 2 aromatic carbocycles. The van der Waals surface area contributed by atoms with Crippen LogP contribution >= 0.6 is 23.2 Å². The molecule has 32 heavy (non-hydrogen) atoms. The second-order valence-electron chi connectivity index (χ2n) is 7.50. The third-order valence-electron chi connectivity index (χ3n) is 5.17. The molecule has 1 aliphatic heterocycles. The predicted octanol–water partition coefficient (Wildman–Crippen LogP) is 4.44. The van der Waals surface area contributed by atoms with Gasteiger partial charge in [0, 0.05) is 53.3 Å². The maximum absolute atomic E-state index is 13.2. The Balaban J connectivity index is 1.89. The number of aliphatic carboxylic acids is 1. The molecule has 1 atom stereocenters. The summed E-state index contributed by atoms with van der Waals surface area (Å²) < 4.78 is 5.30. The number of carbonyl (C=O) groups excluding carboxylic acids is 1. The van der Waals surface area contributed by atoms with Crippen LogP contribution in [-0.2, 0) is 17.9 Å². The minimum absolute atomic E-state index is 0.0324. The molecule has 0 aliphatic carbocycles. The lowest BCUT2D eigenvalue weighted by Crippen LogP contribution is -2.53. The molecular weight excluding hydrogens is 461 g/mol. The average molecular weight is 482 g/mol. The summed E-state index contributed by atoms with van der Waals surface area (Å²) in [6.07, 6.45) is -0.124. The van der Waals surface area contributed by atoms with Gasteiger partial charge < -0.3 is 19.6 Å². The summed E-state index contributed by atoms with van der Waals surface area (Å²) in [5.74, 6) is -0.904. The topological polar surface area (TPSA) is 113 Å². The molecule has 11 heteroatoms. The maximum Gasteiger partial charge on any atom is 0.320 e. The summed E-state index contributed by atoms with van der Waals surface area (Å²) in [6, 6.07) is 8.78. The van der Waals surface area contributed by atoms with Crippen molar-refractivity contribution in [1.82, 2.24) is 9.80 Å². The molecule has 3 rings (SSSR count). The monoisotopic (exact) mass is 481 g/mol. The molecule has 0 bridgehead atoms. The fourth-order valence-corrected chi connectivity index (χ4v) is 4.21. The van der Waals surface area contributed by atoms with Crippen LogP contribution in [0.2, 0.25) is 10.0 Å². The number of methoxy groups -OCH3 is 1. The van der Waals surface area contributed by atoms with E-state index in [0.717, 1.165) is 0 Å². The van der Waals surface area contributed by atoms with Gasteiger partial charge in [-0.25, -0.2) is 4.79 Å². The molecule has 9 nitrogen and oxygen atoms in total. The summed E-state index contributed by atoms with van der Waals surface area (Å²) in [5.41, 5.74) is 1.00. The number of urea groups is 1. The molecule has 1 aliphatic rings. The first-order valence-corrected chi connectivity index (χ1v) is 10.4. The molecule has 2 amide bonds. The molecule has 1 fully saturated rings. The number of hydrogen-bond acceptors (Lipinski definition) is 5. The van der Waals surface area contributed by atoms with Crippen LogP contribution in [0.3, 0.4) is 0 Å². The highest BCUT2D eigenvalue weighted by molar-refractivity contribution is 6.35. The van der Waals surface area contributed by atoms with Crippen molar-refractivity contribution in [2.75, 3.05) is 20.2 Å². The van der Waals surface area contributed by atoms with Crippen LogP contribution in [-0.4, -0.2) is 52.0 Å². The predicted molar refractivity (Wildman–Crippen MR) is 118 cm³/mol. The van der Waals surface area contributed by atoms with Crippen molar-refractivity contribution in [3.8, 4) is 5.75 Å². The number of carboxylic acid groups (broad SMARTS) is 1.